The van der Waals surface area contributed by atoms with Crippen LogP contribution in [0.25, 0.3) is 0 Å². The summed E-state index contributed by atoms with van der Waals surface area (Å²) >= 11 is 5.77. The number of benzene rings is 1. The van der Waals surface area contributed by atoms with E-state index in [0.29, 0.717) is 5.75 Å². The maximum Gasteiger partial charge on any atom is 0.410 e. The zero-order chi connectivity index (χ0) is 29.6. The number of amides is 1. The van der Waals surface area contributed by atoms with Crippen LogP contribution in [0, 0.1) is 0 Å². The highest BCUT2D eigenvalue weighted by Crippen LogP contribution is 2.39. The molecule has 0 radical (unpaired) electrons. The molecule has 1 amide bonds. The fourth-order valence-corrected chi connectivity index (χ4v) is 6.45. The van der Waals surface area contributed by atoms with Crippen LogP contribution in [-0.4, -0.2) is 95.2 Å². The van der Waals surface area contributed by atoms with Gasteiger partial charge in [-0.3, -0.25) is 9.69 Å². The number of rotatable bonds is 12. The van der Waals surface area contributed by atoms with Crippen molar-refractivity contribution in [3.63, 3.8) is 0 Å². The summed E-state index contributed by atoms with van der Waals surface area (Å²) in [6.45, 7) is 11.8. The molecule has 1 aromatic rings. The number of likely N-dealkylation sites (tertiary alicyclic amines) is 1. The van der Waals surface area contributed by atoms with Gasteiger partial charge < -0.3 is 18.6 Å². The average molecular weight is 607 g/mol. The van der Waals surface area contributed by atoms with Crippen LogP contribution >= 0.6 is 11.6 Å². The molecule has 10 nitrogen and oxygen atoms in total. The molecule has 1 aliphatic heterocycles. The predicted molar refractivity (Wildman–Crippen MR) is 153 cm³/mol. The van der Waals surface area contributed by atoms with E-state index in [1.165, 1.54) is 16.1 Å². The van der Waals surface area contributed by atoms with Gasteiger partial charge in [0, 0.05) is 13.5 Å². The van der Waals surface area contributed by atoms with Crippen molar-refractivity contribution >= 4 is 42.0 Å². The number of ether oxygens (including phenoxy) is 3. The summed E-state index contributed by atoms with van der Waals surface area (Å²) in [5.74, 6) is 0.260. The molecule has 0 spiro atoms. The van der Waals surface area contributed by atoms with Crippen LogP contribution < -0.4 is 4.74 Å². The van der Waals surface area contributed by atoms with Crippen molar-refractivity contribution in [3.8, 4) is 5.75 Å². The molecule has 1 fully saturated rings. The van der Waals surface area contributed by atoms with E-state index in [2.05, 4.69) is 33.9 Å². The molecule has 1 aliphatic rings. The summed E-state index contributed by atoms with van der Waals surface area (Å²) in [6, 6.07) is 5.18. The lowest BCUT2D eigenvalue weighted by molar-refractivity contribution is -0.142. The third-order valence-corrected chi connectivity index (χ3v) is 13.3. The third-order valence-electron chi connectivity index (χ3n) is 7.42. The van der Waals surface area contributed by atoms with E-state index in [0.717, 1.165) is 11.8 Å². The normalized spacial score (nSPS) is 20.3. The number of methoxy groups -OCH3 is 1. The van der Waals surface area contributed by atoms with Gasteiger partial charge in [0.2, 0.25) is 10.0 Å². The van der Waals surface area contributed by atoms with Gasteiger partial charge in [0.05, 0.1) is 44.0 Å². The van der Waals surface area contributed by atoms with Crippen LogP contribution in [0.2, 0.25) is 18.1 Å². The lowest BCUT2D eigenvalue weighted by Crippen LogP contribution is -2.54. The molecule has 2 rings (SSSR count). The number of alkyl halides is 1. The Bertz CT molecular complexity index is 1080. The van der Waals surface area contributed by atoms with Gasteiger partial charge in [0.25, 0.3) is 0 Å². The molecule has 0 N–H and O–H groups in total. The molecule has 0 saturated carbocycles. The first-order chi connectivity index (χ1) is 18.0. The van der Waals surface area contributed by atoms with Crippen LogP contribution in [0.3, 0.4) is 0 Å². The quantitative estimate of drug-likeness (QED) is 0.197. The Hall–Kier alpha value is -1.86. The highest BCUT2D eigenvalue weighted by molar-refractivity contribution is 7.88. The monoisotopic (exact) mass is 606 g/mol. The zero-order valence-electron chi connectivity index (χ0n) is 24.2. The SMILES string of the molecule is COc1ccc(CN([C@H]2C[C@@H](COC(C)=O)N(C(=O)OCCCl)[C@H]2CO[Si](C)(C)C(C)(C)C)S(C)(=O)=O)cc1. The summed E-state index contributed by atoms with van der Waals surface area (Å²) in [6.07, 6.45) is 0.729. The second-order valence-corrected chi connectivity index (χ2v) is 18.4. The number of hydrogen-bond acceptors (Lipinski definition) is 8. The molecule has 222 valence electrons. The Balaban J connectivity index is 2.54. The Morgan fingerprint density at radius 1 is 1.13 bits per heavy atom. The molecular formula is C26H43ClN2O8SSi. The van der Waals surface area contributed by atoms with Crippen molar-refractivity contribution in [1.29, 1.82) is 0 Å². The van der Waals surface area contributed by atoms with Gasteiger partial charge in [0.1, 0.15) is 19.0 Å². The van der Waals surface area contributed by atoms with Gasteiger partial charge in [-0.15, -0.1) is 11.6 Å². The summed E-state index contributed by atoms with van der Waals surface area (Å²) in [5, 5.41) is -0.109. The number of halogens is 1. The standard InChI is InChI=1S/C26H43ClN2O8SSi/c1-19(30)36-17-21-15-23(28(38(6,32)33)16-20-9-11-22(34-5)12-10-20)24(29(21)25(31)35-14-13-27)18-37-39(7,8)26(2,3)4/h9-12,21,23-24H,13-18H2,1-8H3/t21-,23-,24-/m0/s1. The van der Waals surface area contributed by atoms with Crippen LogP contribution in [-0.2, 0) is 35.3 Å². The summed E-state index contributed by atoms with van der Waals surface area (Å²) in [5.41, 5.74) is 0.755. The minimum absolute atomic E-state index is 0.0146. The number of nitrogens with zero attached hydrogens (tertiary/aromatic N) is 2. The summed E-state index contributed by atoms with van der Waals surface area (Å²) in [7, 11) is -4.47. The van der Waals surface area contributed by atoms with E-state index >= 15 is 0 Å². The van der Waals surface area contributed by atoms with Crippen molar-refractivity contribution in [2.45, 2.75) is 76.9 Å². The van der Waals surface area contributed by atoms with E-state index in [4.69, 9.17) is 30.2 Å². The zero-order valence-corrected chi connectivity index (χ0v) is 26.8. The molecule has 1 heterocycles. The van der Waals surface area contributed by atoms with Crippen molar-refractivity contribution in [2.75, 3.05) is 39.1 Å². The van der Waals surface area contributed by atoms with Crippen LogP contribution in [0.1, 0.15) is 39.7 Å². The number of sulfonamides is 1. The van der Waals surface area contributed by atoms with Crippen molar-refractivity contribution in [1.82, 2.24) is 9.21 Å². The Morgan fingerprint density at radius 2 is 1.74 bits per heavy atom. The number of carbonyl (C=O) groups excluding carboxylic acids is 2. The predicted octanol–water partition coefficient (Wildman–Crippen LogP) is 4.23. The van der Waals surface area contributed by atoms with E-state index in [-0.39, 0.29) is 43.7 Å². The molecular weight excluding hydrogens is 564 g/mol. The van der Waals surface area contributed by atoms with Crippen molar-refractivity contribution in [2.24, 2.45) is 0 Å². The molecule has 0 unspecified atom stereocenters. The molecule has 1 saturated heterocycles. The second kappa shape index (κ2) is 13.7. The number of hydrogen-bond donors (Lipinski definition) is 0. The lowest BCUT2D eigenvalue weighted by Gasteiger charge is -2.40. The first-order valence-electron chi connectivity index (χ1n) is 12.9. The third kappa shape index (κ3) is 9.07. The van der Waals surface area contributed by atoms with E-state index in [1.54, 1.807) is 31.4 Å². The second-order valence-electron chi connectivity index (χ2n) is 11.3. The van der Waals surface area contributed by atoms with Gasteiger partial charge in [-0.1, -0.05) is 32.9 Å². The number of carbonyl (C=O) groups is 2. The summed E-state index contributed by atoms with van der Waals surface area (Å²) in [4.78, 5) is 26.4. The molecule has 0 aliphatic carbocycles. The fourth-order valence-electron chi connectivity index (χ4n) is 4.25. The first kappa shape index (κ1) is 33.3. The Morgan fingerprint density at radius 3 is 2.23 bits per heavy atom. The smallest absolute Gasteiger partial charge is 0.410 e. The maximum absolute atomic E-state index is 13.3. The maximum atomic E-state index is 13.3. The molecule has 3 atom stereocenters. The van der Waals surface area contributed by atoms with Crippen LogP contribution in [0.4, 0.5) is 4.79 Å². The average Bonchev–Trinajstić information content (AvgIpc) is 3.20. The van der Waals surface area contributed by atoms with Gasteiger partial charge in [0.15, 0.2) is 8.32 Å². The van der Waals surface area contributed by atoms with E-state index < -0.39 is 48.5 Å². The van der Waals surface area contributed by atoms with Gasteiger partial charge in [-0.2, -0.15) is 4.31 Å². The van der Waals surface area contributed by atoms with Gasteiger partial charge >= 0.3 is 12.1 Å². The minimum Gasteiger partial charge on any atom is -0.497 e. The largest absolute Gasteiger partial charge is 0.497 e. The van der Waals surface area contributed by atoms with Crippen molar-refractivity contribution in [3.05, 3.63) is 29.8 Å². The molecule has 0 aromatic heterocycles. The first-order valence-corrected chi connectivity index (χ1v) is 18.2. The number of esters is 1. The fraction of sp³-hybridized carbons (Fsp3) is 0.692. The molecule has 0 bridgehead atoms. The Kier molecular flexibility index (Phi) is 11.7. The molecule has 39 heavy (non-hydrogen) atoms. The highest BCUT2D eigenvalue weighted by Gasteiger charge is 2.50. The molecule has 1 aromatic carbocycles. The minimum atomic E-state index is -3.75. The lowest BCUT2D eigenvalue weighted by atomic mass is 10.1. The Labute approximate surface area is 239 Å². The molecule has 13 heteroatoms. The highest BCUT2D eigenvalue weighted by atomic mass is 35.5. The van der Waals surface area contributed by atoms with E-state index in [1.807, 2.05) is 0 Å². The van der Waals surface area contributed by atoms with Gasteiger partial charge in [-0.25, -0.2) is 13.2 Å². The van der Waals surface area contributed by atoms with Crippen LogP contribution in [0.15, 0.2) is 24.3 Å². The van der Waals surface area contributed by atoms with Gasteiger partial charge in [-0.05, 0) is 42.2 Å². The topological polar surface area (TPSA) is 112 Å². The van der Waals surface area contributed by atoms with Crippen LogP contribution in [0.5, 0.6) is 5.75 Å². The summed E-state index contributed by atoms with van der Waals surface area (Å²) < 4.78 is 50.2. The van der Waals surface area contributed by atoms with Crippen molar-refractivity contribution < 1.29 is 36.6 Å². The van der Waals surface area contributed by atoms with E-state index in [9.17, 15) is 18.0 Å².